The number of hydrogen-bond acceptors (Lipinski definition) is 2. The average molecular weight is 311 g/mol. The fourth-order valence-electron chi connectivity index (χ4n) is 2.43. The zero-order chi connectivity index (χ0) is 16.7. The van der Waals surface area contributed by atoms with Gasteiger partial charge in [0, 0.05) is 6.54 Å². The Morgan fingerprint density at radius 2 is 1.74 bits per heavy atom. The molecular formula is C20H25NO2. The Kier molecular flexibility index (Phi) is 6.21. The number of para-hydroxylation sites is 1. The van der Waals surface area contributed by atoms with Gasteiger partial charge in [0.15, 0.2) is 6.10 Å². The molecule has 1 N–H and O–H groups in total. The molecule has 2 atom stereocenters. The highest BCUT2D eigenvalue weighted by Crippen LogP contribution is 2.19. The zero-order valence-electron chi connectivity index (χ0n) is 14.1. The van der Waals surface area contributed by atoms with Crippen molar-refractivity contribution >= 4 is 5.91 Å². The van der Waals surface area contributed by atoms with Crippen LogP contribution in [0.1, 0.15) is 37.3 Å². The predicted molar refractivity (Wildman–Crippen MR) is 93.8 cm³/mol. The summed E-state index contributed by atoms with van der Waals surface area (Å²) in [5, 5.41) is 3.01. The van der Waals surface area contributed by atoms with Gasteiger partial charge in [-0.05, 0) is 36.5 Å². The summed E-state index contributed by atoms with van der Waals surface area (Å²) in [4.78, 5) is 12.4. The van der Waals surface area contributed by atoms with E-state index in [1.54, 1.807) is 0 Å². The van der Waals surface area contributed by atoms with Crippen LogP contribution < -0.4 is 10.1 Å². The molecule has 23 heavy (non-hydrogen) atoms. The lowest BCUT2D eigenvalue weighted by Gasteiger charge is -2.20. The summed E-state index contributed by atoms with van der Waals surface area (Å²) in [6.45, 7) is 6.66. The van der Waals surface area contributed by atoms with E-state index in [1.165, 1.54) is 5.56 Å². The molecule has 2 aromatic rings. The van der Waals surface area contributed by atoms with Gasteiger partial charge in [-0.1, -0.05) is 62.4 Å². The van der Waals surface area contributed by atoms with Crippen molar-refractivity contribution in [3.05, 3.63) is 65.7 Å². The minimum absolute atomic E-state index is 0.0569. The van der Waals surface area contributed by atoms with Crippen molar-refractivity contribution in [2.75, 3.05) is 6.54 Å². The lowest BCUT2D eigenvalue weighted by molar-refractivity contribution is -0.128. The third-order valence-electron chi connectivity index (χ3n) is 3.98. The van der Waals surface area contributed by atoms with Crippen molar-refractivity contribution in [2.45, 2.75) is 39.2 Å². The number of amides is 1. The minimum atomic E-state index is -0.459. The van der Waals surface area contributed by atoms with Gasteiger partial charge in [-0.15, -0.1) is 0 Å². The topological polar surface area (TPSA) is 38.3 Å². The van der Waals surface area contributed by atoms with Crippen molar-refractivity contribution < 1.29 is 9.53 Å². The van der Waals surface area contributed by atoms with E-state index < -0.39 is 6.10 Å². The first kappa shape index (κ1) is 17.1. The highest BCUT2D eigenvalue weighted by Gasteiger charge is 2.19. The smallest absolute Gasteiger partial charge is 0.261 e. The summed E-state index contributed by atoms with van der Waals surface area (Å²) in [6.07, 6.45) is 0.180. The van der Waals surface area contributed by atoms with Crippen LogP contribution in [0.4, 0.5) is 0 Å². The van der Waals surface area contributed by atoms with E-state index in [2.05, 4.69) is 24.4 Å². The minimum Gasteiger partial charge on any atom is -0.480 e. The molecule has 0 saturated carbocycles. The second-order valence-electron chi connectivity index (χ2n) is 5.84. The summed E-state index contributed by atoms with van der Waals surface area (Å²) in [6, 6.07) is 18.0. The van der Waals surface area contributed by atoms with Gasteiger partial charge in [0.2, 0.25) is 0 Å². The quantitative estimate of drug-likeness (QED) is 0.837. The molecule has 3 heteroatoms. The molecule has 0 saturated heterocycles. The Bertz CT molecular complexity index is 625. The summed E-state index contributed by atoms with van der Waals surface area (Å²) in [5.74, 6) is 0.986. The monoisotopic (exact) mass is 311 g/mol. The second kappa shape index (κ2) is 8.37. The van der Waals surface area contributed by atoms with Gasteiger partial charge < -0.3 is 10.1 Å². The fourth-order valence-corrected chi connectivity index (χ4v) is 2.43. The Labute approximate surface area is 138 Å². The molecule has 0 heterocycles. The maximum Gasteiger partial charge on any atom is 0.261 e. The first-order chi connectivity index (χ1) is 11.1. The largest absolute Gasteiger partial charge is 0.480 e. The molecule has 1 amide bonds. The second-order valence-corrected chi connectivity index (χ2v) is 5.84. The lowest BCUT2D eigenvalue weighted by Crippen LogP contribution is -2.39. The number of nitrogens with one attached hydrogen (secondary N) is 1. The van der Waals surface area contributed by atoms with Gasteiger partial charge in [0.1, 0.15) is 5.75 Å². The summed E-state index contributed by atoms with van der Waals surface area (Å²) < 4.78 is 5.88. The van der Waals surface area contributed by atoms with Crippen molar-refractivity contribution in [2.24, 2.45) is 0 Å². The van der Waals surface area contributed by atoms with Crippen molar-refractivity contribution in [1.82, 2.24) is 5.32 Å². The molecule has 0 radical (unpaired) electrons. The molecule has 0 aliphatic rings. The Morgan fingerprint density at radius 3 is 2.39 bits per heavy atom. The summed E-state index contributed by atoms with van der Waals surface area (Å²) in [5.41, 5.74) is 2.26. The van der Waals surface area contributed by atoms with Crippen LogP contribution in [0.15, 0.2) is 54.6 Å². The van der Waals surface area contributed by atoms with Crippen LogP contribution in [-0.2, 0) is 4.79 Å². The number of hydrogen-bond donors (Lipinski definition) is 1. The molecule has 2 rings (SSSR count). The van der Waals surface area contributed by atoms with E-state index in [0.29, 0.717) is 13.0 Å². The number of rotatable bonds is 7. The normalized spacial score (nSPS) is 13.2. The van der Waals surface area contributed by atoms with Crippen molar-refractivity contribution in [3.63, 3.8) is 0 Å². The molecule has 122 valence electrons. The SMILES string of the molecule is CCC(Oc1ccccc1C)C(=O)NCC(C)c1ccccc1. The molecule has 3 nitrogen and oxygen atoms in total. The highest BCUT2D eigenvalue weighted by atomic mass is 16.5. The van der Waals surface area contributed by atoms with Crippen LogP contribution in [0.2, 0.25) is 0 Å². The zero-order valence-corrected chi connectivity index (χ0v) is 14.1. The van der Waals surface area contributed by atoms with Gasteiger partial charge >= 0.3 is 0 Å². The molecule has 0 bridgehead atoms. The lowest BCUT2D eigenvalue weighted by atomic mass is 10.0. The standard InChI is InChI=1S/C20H25NO2/c1-4-18(23-19-13-9-8-10-15(19)2)20(22)21-14-16(3)17-11-6-5-7-12-17/h5-13,16,18H,4,14H2,1-3H3,(H,21,22). The van der Waals surface area contributed by atoms with Crippen LogP contribution in [0, 0.1) is 6.92 Å². The number of benzene rings is 2. The number of aryl methyl sites for hydroxylation is 1. The van der Waals surface area contributed by atoms with Gasteiger partial charge in [-0.3, -0.25) is 4.79 Å². The third kappa shape index (κ3) is 4.85. The Morgan fingerprint density at radius 1 is 1.09 bits per heavy atom. The predicted octanol–water partition coefficient (Wildman–Crippen LogP) is 4.07. The van der Waals surface area contributed by atoms with E-state index in [-0.39, 0.29) is 11.8 Å². The van der Waals surface area contributed by atoms with E-state index in [1.807, 2.05) is 56.3 Å². The number of carbonyl (C=O) groups excluding carboxylic acids is 1. The number of carbonyl (C=O) groups is 1. The van der Waals surface area contributed by atoms with Crippen LogP contribution >= 0.6 is 0 Å². The van der Waals surface area contributed by atoms with E-state index in [4.69, 9.17) is 4.74 Å². The molecule has 2 unspecified atom stereocenters. The van der Waals surface area contributed by atoms with Gasteiger partial charge in [0.25, 0.3) is 5.91 Å². The van der Waals surface area contributed by atoms with Crippen LogP contribution in [-0.4, -0.2) is 18.6 Å². The van der Waals surface area contributed by atoms with E-state index in [9.17, 15) is 4.79 Å². The van der Waals surface area contributed by atoms with Crippen molar-refractivity contribution in [1.29, 1.82) is 0 Å². The maximum atomic E-state index is 12.4. The van der Waals surface area contributed by atoms with Gasteiger partial charge in [-0.2, -0.15) is 0 Å². The Balaban J connectivity index is 1.91. The van der Waals surface area contributed by atoms with E-state index >= 15 is 0 Å². The first-order valence-corrected chi connectivity index (χ1v) is 8.16. The van der Waals surface area contributed by atoms with Crippen LogP contribution in [0.5, 0.6) is 5.75 Å². The molecule has 0 aliphatic carbocycles. The first-order valence-electron chi connectivity index (χ1n) is 8.16. The highest BCUT2D eigenvalue weighted by molar-refractivity contribution is 5.81. The summed E-state index contributed by atoms with van der Waals surface area (Å²) >= 11 is 0. The molecule has 0 aliphatic heterocycles. The maximum absolute atomic E-state index is 12.4. The molecule has 0 spiro atoms. The van der Waals surface area contributed by atoms with Gasteiger partial charge in [0.05, 0.1) is 0 Å². The molecule has 0 fully saturated rings. The summed E-state index contributed by atoms with van der Waals surface area (Å²) in [7, 11) is 0. The number of ether oxygens (including phenoxy) is 1. The molecular weight excluding hydrogens is 286 g/mol. The fraction of sp³-hybridized carbons (Fsp3) is 0.350. The Hall–Kier alpha value is -2.29. The van der Waals surface area contributed by atoms with E-state index in [0.717, 1.165) is 11.3 Å². The molecule has 0 aromatic heterocycles. The van der Waals surface area contributed by atoms with Crippen molar-refractivity contribution in [3.8, 4) is 5.75 Å². The molecule has 2 aromatic carbocycles. The third-order valence-corrected chi connectivity index (χ3v) is 3.98. The van der Waals surface area contributed by atoms with Gasteiger partial charge in [-0.25, -0.2) is 0 Å². The van der Waals surface area contributed by atoms with Crippen LogP contribution in [0.3, 0.4) is 0 Å². The average Bonchev–Trinajstić information content (AvgIpc) is 2.59. The van der Waals surface area contributed by atoms with Crippen LogP contribution in [0.25, 0.3) is 0 Å².